The van der Waals surface area contributed by atoms with E-state index in [0.29, 0.717) is 5.41 Å². The van der Waals surface area contributed by atoms with Crippen molar-refractivity contribution >= 4 is 0 Å². The summed E-state index contributed by atoms with van der Waals surface area (Å²) in [6.45, 7) is 4.50. The average Bonchev–Trinajstić information content (AvgIpc) is 3.18. The van der Waals surface area contributed by atoms with E-state index in [2.05, 4.69) is 36.5 Å². The van der Waals surface area contributed by atoms with Gasteiger partial charge in [-0.05, 0) is 61.8 Å². The Hall–Kier alpha value is -1.02. The van der Waals surface area contributed by atoms with Crippen molar-refractivity contribution < 1.29 is 4.74 Å². The molecule has 0 heterocycles. The minimum absolute atomic E-state index is 0.387. The van der Waals surface area contributed by atoms with Crippen molar-refractivity contribution in [2.24, 2.45) is 5.41 Å². The second-order valence-corrected chi connectivity index (χ2v) is 6.54. The van der Waals surface area contributed by atoms with E-state index in [1.54, 1.807) is 7.11 Å². The van der Waals surface area contributed by atoms with Crippen LogP contribution in [0.2, 0.25) is 0 Å². The van der Waals surface area contributed by atoms with Crippen molar-refractivity contribution in [3.8, 4) is 5.75 Å². The summed E-state index contributed by atoms with van der Waals surface area (Å²) in [4.78, 5) is 0. The van der Waals surface area contributed by atoms with E-state index in [9.17, 15) is 0 Å². The smallest absolute Gasteiger partial charge is 0.118 e. The van der Waals surface area contributed by atoms with Gasteiger partial charge in [0.15, 0.2) is 0 Å². The minimum atomic E-state index is 0.387. The Labute approximate surface area is 116 Å². The van der Waals surface area contributed by atoms with Crippen molar-refractivity contribution in [2.75, 3.05) is 20.2 Å². The molecule has 0 bridgehead atoms. The second-order valence-electron chi connectivity index (χ2n) is 6.54. The normalized spacial score (nSPS) is 22.0. The van der Waals surface area contributed by atoms with Gasteiger partial charge in [0, 0.05) is 12.0 Å². The number of benzene rings is 1. The zero-order valence-electron chi connectivity index (χ0n) is 12.2. The molecule has 2 saturated carbocycles. The molecule has 1 aromatic carbocycles. The monoisotopic (exact) mass is 259 g/mol. The van der Waals surface area contributed by atoms with Gasteiger partial charge in [0.1, 0.15) is 5.75 Å². The van der Waals surface area contributed by atoms with Gasteiger partial charge < -0.3 is 10.1 Å². The van der Waals surface area contributed by atoms with Crippen LogP contribution in [0.1, 0.15) is 44.6 Å². The van der Waals surface area contributed by atoms with Crippen LogP contribution in [0.15, 0.2) is 24.3 Å². The number of methoxy groups -OCH3 is 1. The van der Waals surface area contributed by atoms with Gasteiger partial charge in [0.2, 0.25) is 0 Å². The van der Waals surface area contributed by atoms with Gasteiger partial charge >= 0.3 is 0 Å². The van der Waals surface area contributed by atoms with Crippen LogP contribution in [0.25, 0.3) is 0 Å². The molecule has 19 heavy (non-hydrogen) atoms. The van der Waals surface area contributed by atoms with Crippen LogP contribution in [0.5, 0.6) is 5.75 Å². The highest BCUT2D eigenvalue weighted by Crippen LogP contribution is 2.68. The molecule has 0 saturated heterocycles. The lowest BCUT2D eigenvalue weighted by Gasteiger charge is -2.49. The van der Waals surface area contributed by atoms with E-state index in [-0.39, 0.29) is 0 Å². The molecule has 2 nitrogen and oxygen atoms in total. The fourth-order valence-electron chi connectivity index (χ4n) is 3.79. The molecule has 1 N–H and O–H groups in total. The van der Waals surface area contributed by atoms with Gasteiger partial charge in [0.25, 0.3) is 0 Å². The quantitative estimate of drug-likeness (QED) is 0.789. The van der Waals surface area contributed by atoms with Crippen LogP contribution < -0.4 is 10.1 Å². The van der Waals surface area contributed by atoms with Gasteiger partial charge in [-0.3, -0.25) is 0 Å². The van der Waals surface area contributed by atoms with Crippen LogP contribution in [0.4, 0.5) is 0 Å². The topological polar surface area (TPSA) is 21.3 Å². The van der Waals surface area contributed by atoms with E-state index < -0.39 is 0 Å². The van der Waals surface area contributed by atoms with Crippen molar-refractivity contribution in [3.63, 3.8) is 0 Å². The fraction of sp³-hybridized carbons (Fsp3) is 0.647. The summed E-state index contributed by atoms with van der Waals surface area (Å²) in [5.41, 5.74) is 2.61. The third kappa shape index (κ3) is 2.38. The third-order valence-electron chi connectivity index (χ3n) is 4.98. The second kappa shape index (κ2) is 4.82. The number of hydrogen-bond acceptors (Lipinski definition) is 2. The Kier molecular flexibility index (Phi) is 3.30. The molecular formula is C17H25NO. The van der Waals surface area contributed by atoms with Gasteiger partial charge in [-0.25, -0.2) is 0 Å². The van der Waals surface area contributed by atoms with E-state index >= 15 is 0 Å². The average molecular weight is 259 g/mol. The summed E-state index contributed by atoms with van der Waals surface area (Å²) < 4.78 is 5.27. The Bertz CT molecular complexity index is 425. The minimum Gasteiger partial charge on any atom is -0.497 e. The first-order valence-electron chi connectivity index (χ1n) is 7.57. The molecule has 2 heteroatoms. The van der Waals surface area contributed by atoms with E-state index in [0.717, 1.165) is 24.3 Å². The zero-order valence-corrected chi connectivity index (χ0v) is 12.2. The molecule has 0 radical (unpaired) electrons. The summed E-state index contributed by atoms with van der Waals surface area (Å²) in [6.07, 6.45) is 6.88. The molecule has 0 aromatic heterocycles. The molecule has 0 atom stereocenters. The molecular weight excluding hydrogens is 234 g/mol. The summed E-state index contributed by atoms with van der Waals surface area (Å²) in [5.74, 6) is 0.959. The molecule has 1 spiro atoms. The predicted molar refractivity (Wildman–Crippen MR) is 78.7 cm³/mol. The lowest BCUT2D eigenvalue weighted by atomic mass is 9.56. The van der Waals surface area contributed by atoms with Crippen molar-refractivity contribution in [1.29, 1.82) is 0 Å². The maximum Gasteiger partial charge on any atom is 0.118 e. The van der Waals surface area contributed by atoms with Crippen molar-refractivity contribution in [1.82, 2.24) is 5.32 Å². The standard InChI is InChI=1S/C17H25NO/c1-3-10-18-13-17(11-16(12-17)8-9-16)14-4-6-15(19-2)7-5-14/h4-7,18H,3,8-13H2,1-2H3. The highest BCUT2D eigenvalue weighted by molar-refractivity contribution is 5.37. The van der Waals surface area contributed by atoms with Crippen LogP contribution >= 0.6 is 0 Å². The first kappa shape index (κ1) is 13.0. The van der Waals surface area contributed by atoms with Crippen molar-refractivity contribution in [3.05, 3.63) is 29.8 Å². The first-order chi connectivity index (χ1) is 9.22. The lowest BCUT2D eigenvalue weighted by Crippen LogP contribution is -2.49. The molecule has 3 rings (SSSR count). The van der Waals surface area contributed by atoms with Gasteiger partial charge in [-0.1, -0.05) is 19.1 Å². The van der Waals surface area contributed by atoms with E-state index in [1.807, 2.05) is 0 Å². The Balaban J connectivity index is 1.74. The molecule has 0 amide bonds. The molecule has 104 valence electrons. The predicted octanol–water partition coefficient (Wildman–Crippen LogP) is 3.51. The maximum atomic E-state index is 5.27. The summed E-state index contributed by atoms with van der Waals surface area (Å²) in [6, 6.07) is 8.74. The number of ether oxygens (including phenoxy) is 1. The van der Waals surface area contributed by atoms with Gasteiger partial charge in [-0.15, -0.1) is 0 Å². The number of hydrogen-bond donors (Lipinski definition) is 1. The van der Waals surface area contributed by atoms with Crippen LogP contribution in [-0.2, 0) is 5.41 Å². The molecule has 1 aromatic rings. The fourth-order valence-corrected chi connectivity index (χ4v) is 3.79. The Morgan fingerprint density at radius 3 is 2.37 bits per heavy atom. The molecule has 2 aliphatic carbocycles. The number of nitrogens with one attached hydrogen (secondary N) is 1. The molecule has 2 aliphatic rings. The molecule has 0 unspecified atom stereocenters. The summed E-state index contributed by atoms with van der Waals surface area (Å²) in [5, 5.41) is 3.64. The Morgan fingerprint density at radius 2 is 1.84 bits per heavy atom. The zero-order chi connectivity index (χ0) is 13.3. The van der Waals surface area contributed by atoms with Gasteiger partial charge in [0.05, 0.1) is 7.11 Å². The summed E-state index contributed by atoms with van der Waals surface area (Å²) in [7, 11) is 1.73. The number of rotatable bonds is 6. The first-order valence-corrected chi connectivity index (χ1v) is 7.57. The van der Waals surface area contributed by atoms with E-state index in [4.69, 9.17) is 4.74 Å². The molecule has 2 fully saturated rings. The van der Waals surface area contributed by atoms with Crippen molar-refractivity contribution in [2.45, 2.75) is 44.4 Å². The summed E-state index contributed by atoms with van der Waals surface area (Å²) >= 11 is 0. The van der Waals surface area contributed by atoms with Gasteiger partial charge in [-0.2, -0.15) is 0 Å². The Morgan fingerprint density at radius 1 is 1.16 bits per heavy atom. The van der Waals surface area contributed by atoms with Crippen LogP contribution in [0, 0.1) is 5.41 Å². The molecule has 0 aliphatic heterocycles. The SMILES string of the molecule is CCCNCC1(c2ccc(OC)cc2)CC2(CC2)C1. The lowest BCUT2D eigenvalue weighted by molar-refractivity contribution is 0.116. The maximum absolute atomic E-state index is 5.27. The highest BCUT2D eigenvalue weighted by atomic mass is 16.5. The highest BCUT2D eigenvalue weighted by Gasteiger charge is 2.60. The largest absolute Gasteiger partial charge is 0.497 e. The van der Waals surface area contributed by atoms with Crippen LogP contribution in [0.3, 0.4) is 0 Å². The third-order valence-corrected chi connectivity index (χ3v) is 4.98. The van der Waals surface area contributed by atoms with E-state index in [1.165, 1.54) is 37.7 Å². The van der Waals surface area contributed by atoms with Crippen LogP contribution in [-0.4, -0.2) is 20.2 Å².